The number of carboxylic acid groups (broad SMARTS) is 1. The van der Waals surface area contributed by atoms with Gasteiger partial charge in [-0.25, -0.2) is 0 Å². The molecule has 0 heterocycles. The molecular formula is C12H23NO3. The van der Waals surface area contributed by atoms with Crippen molar-refractivity contribution < 1.29 is 14.7 Å². The number of aliphatic carboxylic acids is 1. The first kappa shape index (κ1) is 14.9. The van der Waals surface area contributed by atoms with E-state index in [1.165, 1.54) is 0 Å². The first-order valence-corrected chi connectivity index (χ1v) is 5.94. The van der Waals surface area contributed by atoms with Crippen LogP contribution in [0.1, 0.15) is 40.5 Å². The van der Waals surface area contributed by atoms with Crippen LogP contribution in [0.2, 0.25) is 0 Å². The minimum Gasteiger partial charge on any atom is -0.481 e. The van der Waals surface area contributed by atoms with Gasteiger partial charge in [0.05, 0.1) is 5.92 Å². The summed E-state index contributed by atoms with van der Waals surface area (Å²) in [6.45, 7) is 7.85. The maximum absolute atomic E-state index is 11.7. The van der Waals surface area contributed by atoms with E-state index in [0.717, 1.165) is 12.8 Å². The van der Waals surface area contributed by atoms with Crippen molar-refractivity contribution in [2.45, 2.75) is 40.5 Å². The predicted octanol–water partition coefficient (Wildman–Crippen LogP) is 1.90. The number of hydrogen-bond acceptors (Lipinski definition) is 2. The molecule has 2 N–H and O–H groups in total. The number of amides is 1. The van der Waals surface area contributed by atoms with E-state index in [1.807, 2.05) is 27.7 Å². The zero-order valence-electron chi connectivity index (χ0n) is 10.6. The molecule has 1 unspecified atom stereocenters. The zero-order chi connectivity index (χ0) is 12.7. The Labute approximate surface area is 97.4 Å². The standard InChI is InChI=1S/C12H23NO3/c1-5-9(6-2)11(14)13-7-10(8(3)4)12(15)16/h8-10H,5-7H2,1-4H3,(H,13,14)(H,15,16). The molecule has 0 spiro atoms. The minimum atomic E-state index is -0.847. The third kappa shape index (κ3) is 4.64. The molecule has 0 saturated carbocycles. The van der Waals surface area contributed by atoms with Crippen LogP contribution in [0.5, 0.6) is 0 Å². The van der Waals surface area contributed by atoms with E-state index in [-0.39, 0.29) is 24.3 Å². The fourth-order valence-corrected chi connectivity index (χ4v) is 1.62. The Morgan fingerprint density at radius 3 is 2.00 bits per heavy atom. The van der Waals surface area contributed by atoms with Crippen molar-refractivity contribution in [1.29, 1.82) is 0 Å². The van der Waals surface area contributed by atoms with Crippen molar-refractivity contribution in [3.05, 3.63) is 0 Å². The van der Waals surface area contributed by atoms with Crippen molar-refractivity contribution in [3.63, 3.8) is 0 Å². The largest absolute Gasteiger partial charge is 0.481 e. The van der Waals surface area contributed by atoms with Gasteiger partial charge in [-0.05, 0) is 18.8 Å². The lowest BCUT2D eigenvalue weighted by Crippen LogP contribution is -2.38. The molecule has 0 aromatic carbocycles. The van der Waals surface area contributed by atoms with Crippen LogP contribution in [0.4, 0.5) is 0 Å². The van der Waals surface area contributed by atoms with Crippen LogP contribution in [-0.4, -0.2) is 23.5 Å². The molecule has 16 heavy (non-hydrogen) atoms. The van der Waals surface area contributed by atoms with E-state index >= 15 is 0 Å². The second-order valence-electron chi connectivity index (χ2n) is 4.45. The highest BCUT2D eigenvalue weighted by Gasteiger charge is 2.23. The van der Waals surface area contributed by atoms with E-state index in [1.54, 1.807) is 0 Å². The van der Waals surface area contributed by atoms with Crippen molar-refractivity contribution >= 4 is 11.9 Å². The lowest BCUT2D eigenvalue weighted by molar-refractivity contribution is -0.143. The molecule has 1 amide bonds. The van der Waals surface area contributed by atoms with E-state index < -0.39 is 11.9 Å². The molecule has 94 valence electrons. The summed E-state index contributed by atoms with van der Waals surface area (Å²) in [4.78, 5) is 22.6. The average Bonchev–Trinajstić information content (AvgIpc) is 2.18. The molecule has 4 nitrogen and oxygen atoms in total. The molecule has 0 bridgehead atoms. The Bertz CT molecular complexity index is 234. The van der Waals surface area contributed by atoms with Gasteiger partial charge in [0.15, 0.2) is 0 Å². The van der Waals surface area contributed by atoms with Crippen molar-refractivity contribution in [1.82, 2.24) is 5.32 Å². The van der Waals surface area contributed by atoms with E-state index in [4.69, 9.17) is 5.11 Å². The van der Waals surface area contributed by atoms with Gasteiger partial charge in [-0.15, -0.1) is 0 Å². The number of nitrogens with one attached hydrogen (secondary N) is 1. The normalized spacial score (nSPS) is 12.9. The number of carbonyl (C=O) groups excluding carboxylic acids is 1. The number of carboxylic acids is 1. The quantitative estimate of drug-likeness (QED) is 0.700. The second-order valence-corrected chi connectivity index (χ2v) is 4.45. The van der Waals surface area contributed by atoms with E-state index in [2.05, 4.69) is 5.32 Å². The van der Waals surface area contributed by atoms with Crippen LogP contribution in [0.3, 0.4) is 0 Å². The van der Waals surface area contributed by atoms with Crippen LogP contribution in [0.25, 0.3) is 0 Å². The monoisotopic (exact) mass is 229 g/mol. The van der Waals surface area contributed by atoms with E-state index in [0.29, 0.717) is 0 Å². The Kier molecular flexibility index (Phi) is 6.77. The zero-order valence-corrected chi connectivity index (χ0v) is 10.6. The second kappa shape index (κ2) is 7.25. The highest BCUT2D eigenvalue weighted by atomic mass is 16.4. The maximum Gasteiger partial charge on any atom is 0.308 e. The predicted molar refractivity (Wildman–Crippen MR) is 63.0 cm³/mol. The summed E-state index contributed by atoms with van der Waals surface area (Å²) < 4.78 is 0. The number of hydrogen-bond donors (Lipinski definition) is 2. The van der Waals surface area contributed by atoms with Gasteiger partial charge in [0.1, 0.15) is 0 Å². The molecule has 0 radical (unpaired) electrons. The van der Waals surface area contributed by atoms with Crippen LogP contribution < -0.4 is 5.32 Å². The summed E-state index contributed by atoms with van der Waals surface area (Å²) in [7, 11) is 0. The van der Waals surface area contributed by atoms with Crippen molar-refractivity contribution in [2.24, 2.45) is 17.8 Å². The van der Waals surface area contributed by atoms with Gasteiger partial charge in [-0.1, -0.05) is 27.7 Å². The molecule has 4 heteroatoms. The van der Waals surface area contributed by atoms with Crippen LogP contribution in [0, 0.1) is 17.8 Å². The van der Waals surface area contributed by atoms with Gasteiger partial charge in [0, 0.05) is 12.5 Å². The van der Waals surface area contributed by atoms with Crippen LogP contribution >= 0.6 is 0 Å². The molecular weight excluding hydrogens is 206 g/mol. The summed E-state index contributed by atoms with van der Waals surface area (Å²) in [5.41, 5.74) is 0. The first-order chi connectivity index (χ1) is 7.43. The van der Waals surface area contributed by atoms with Crippen molar-refractivity contribution in [2.75, 3.05) is 6.54 Å². The van der Waals surface area contributed by atoms with Crippen LogP contribution in [-0.2, 0) is 9.59 Å². The fourth-order valence-electron chi connectivity index (χ4n) is 1.62. The smallest absolute Gasteiger partial charge is 0.308 e. The Hall–Kier alpha value is -1.06. The van der Waals surface area contributed by atoms with Gasteiger partial charge in [-0.2, -0.15) is 0 Å². The SMILES string of the molecule is CCC(CC)C(=O)NCC(C(=O)O)C(C)C. The summed E-state index contributed by atoms with van der Waals surface area (Å²) >= 11 is 0. The summed E-state index contributed by atoms with van der Waals surface area (Å²) in [6.07, 6.45) is 1.59. The first-order valence-electron chi connectivity index (χ1n) is 5.94. The third-order valence-electron chi connectivity index (χ3n) is 2.97. The molecule has 0 aliphatic carbocycles. The van der Waals surface area contributed by atoms with Gasteiger partial charge in [0.2, 0.25) is 5.91 Å². The Balaban J connectivity index is 4.20. The molecule has 0 saturated heterocycles. The molecule has 0 aliphatic rings. The van der Waals surface area contributed by atoms with E-state index in [9.17, 15) is 9.59 Å². The van der Waals surface area contributed by atoms with Gasteiger partial charge in [0.25, 0.3) is 0 Å². The van der Waals surface area contributed by atoms with Gasteiger partial charge in [-0.3, -0.25) is 9.59 Å². The molecule has 0 aromatic rings. The maximum atomic E-state index is 11.7. The lowest BCUT2D eigenvalue weighted by atomic mass is 9.95. The summed E-state index contributed by atoms with van der Waals surface area (Å²) in [6, 6.07) is 0. The lowest BCUT2D eigenvalue weighted by Gasteiger charge is -2.19. The third-order valence-corrected chi connectivity index (χ3v) is 2.97. The van der Waals surface area contributed by atoms with Gasteiger partial charge >= 0.3 is 5.97 Å². The molecule has 0 aromatic heterocycles. The van der Waals surface area contributed by atoms with Crippen molar-refractivity contribution in [3.8, 4) is 0 Å². The molecule has 1 atom stereocenters. The summed E-state index contributed by atoms with van der Waals surface area (Å²) in [5.74, 6) is -1.35. The molecule has 0 fully saturated rings. The average molecular weight is 229 g/mol. The number of rotatable bonds is 7. The van der Waals surface area contributed by atoms with Crippen LogP contribution in [0.15, 0.2) is 0 Å². The van der Waals surface area contributed by atoms with Gasteiger partial charge < -0.3 is 10.4 Å². The molecule has 0 aliphatic heterocycles. The molecule has 0 rings (SSSR count). The topological polar surface area (TPSA) is 66.4 Å². The Morgan fingerprint density at radius 2 is 1.69 bits per heavy atom. The summed E-state index contributed by atoms with van der Waals surface area (Å²) in [5, 5.41) is 11.7. The Morgan fingerprint density at radius 1 is 1.19 bits per heavy atom. The highest BCUT2D eigenvalue weighted by molar-refractivity contribution is 5.79. The highest BCUT2D eigenvalue weighted by Crippen LogP contribution is 2.11. The minimum absolute atomic E-state index is 0.00149. The number of carbonyl (C=O) groups is 2. The fraction of sp³-hybridized carbons (Fsp3) is 0.833.